The molecule has 8 heavy (non-hydrogen) atoms. The summed E-state index contributed by atoms with van der Waals surface area (Å²) in [5.74, 6) is 4.80. The number of nitrogens with two attached hydrogens (primary N) is 1. The lowest BCUT2D eigenvalue weighted by Crippen LogP contribution is -1.90. The second-order valence-electron chi connectivity index (χ2n) is 1.49. The predicted octanol–water partition coefficient (Wildman–Crippen LogP) is 0.807. The van der Waals surface area contributed by atoms with Crippen LogP contribution in [0.3, 0.4) is 0 Å². The summed E-state index contributed by atoms with van der Waals surface area (Å²) in [7, 11) is 0. The molecule has 0 saturated carbocycles. The van der Waals surface area contributed by atoms with Crippen molar-refractivity contribution < 1.29 is 0 Å². The maximum Gasteiger partial charge on any atom is 0.110 e. The maximum absolute atomic E-state index is 4.80. The number of hydrogen-bond donors (Lipinski definition) is 1. The average molecular weight is 109 g/mol. The van der Waals surface area contributed by atoms with E-state index in [9.17, 15) is 0 Å². The second-order valence-corrected chi connectivity index (χ2v) is 1.49. The van der Waals surface area contributed by atoms with E-state index in [2.05, 4.69) is 10.3 Å². The number of allylic oxidation sites excluding steroid dienone is 2. The molecule has 2 N–H and O–H groups in total. The molecular formula is C5H7N3. The minimum absolute atomic E-state index is 0.0833. The van der Waals surface area contributed by atoms with Gasteiger partial charge in [0.25, 0.3) is 0 Å². The lowest BCUT2D eigenvalue weighted by Gasteiger charge is -1.88. The Bertz CT molecular complexity index is 134. The van der Waals surface area contributed by atoms with Crippen LogP contribution < -0.4 is 5.84 Å². The first-order valence-electron chi connectivity index (χ1n) is 2.38. The molecule has 0 unspecified atom stereocenters. The standard InChI is InChI=1S/C5H7N3/c6-8-7-5-3-1-2-4-5/h1-5H,(H2,6,7). The van der Waals surface area contributed by atoms with Crippen LogP contribution >= 0.6 is 0 Å². The highest BCUT2D eigenvalue weighted by Crippen LogP contribution is 2.02. The van der Waals surface area contributed by atoms with Crippen molar-refractivity contribution in [3.63, 3.8) is 0 Å². The fraction of sp³-hybridized carbons (Fsp3) is 0.200. The maximum atomic E-state index is 4.80. The second kappa shape index (κ2) is 2.26. The lowest BCUT2D eigenvalue weighted by molar-refractivity contribution is 0.878. The van der Waals surface area contributed by atoms with Crippen molar-refractivity contribution >= 4 is 0 Å². The fourth-order valence-electron chi connectivity index (χ4n) is 0.574. The van der Waals surface area contributed by atoms with Crippen molar-refractivity contribution in [2.75, 3.05) is 0 Å². The third kappa shape index (κ3) is 0.932. The van der Waals surface area contributed by atoms with E-state index in [0.717, 1.165) is 0 Å². The first kappa shape index (κ1) is 5.03. The Morgan fingerprint density at radius 3 is 2.38 bits per heavy atom. The average Bonchev–Trinajstić information content (AvgIpc) is 2.19. The van der Waals surface area contributed by atoms with Crippen LogP contribution in [0.1, 0.15) is 0 Å². The molecule has 0 saturated heterocycles. The molecule has 3 heteroatoms. The number of nitrogens with zero attached hydrogens (tertiary/aromatic N) is 2. The zero-order valence-electron chi connectivity index (χ0n) is 4.36. The summed E-state index contributed by atoms with van der Waals surface area (Å²) in [6.45, 7) is 0. The number of rotatable bonds is 1. The summed E-state index contributed by atoms with van der Waals surface area (Å²) in [6.07, 6.45) is 7.66. The molecule has 3 nitrogen and oxygen atoms in total. The Kier molecular flexibility index (Phi) is 1.42. The highest BCUT2D eigenvalue weighted by molar-refractivity contribution is 5.20. The summed E-state index contributed by atoms with van der Waals surface area (Å²) < 4.78 is 0. The molecule has 1 aliphatic carbocycles. The molecule has 1 rings (SSSR count). The Morgan fingerprint density at radius 1 is 1.25 bits per heavy atom. The smallest absolute Gasteiger partial charge is 0.110 e. The van der Waals surface area contributed by atoms with Gasteiger partial charge in [-0.3, -0.25) is 0 Å². The molecule has 0 radical (unpaired) electrons. The Morgan fingerprint density at radius 2 is 1.88 bits per heavy atom. The van der Waals surface area contributed by atoms with E-state index in [0.29, 0.717) is 0 Å². The molecule has 0 aromatic carbocycles. The fourth-order valence-corrected chi connectivity index (χ4v) is 0.574. The normalized spacial score (nSPS) is 19.0. The van der Waals surface area contributed by atoms with Gasteiger partial charge in [0.1, 0.15) is 6.04 Å². The van der Waals surface area contributed by atoms with E-state index < -0.39 is 0 Å². The van der Waals surface area contributed by atoms with Gasteiger partial charge in [-0.05, 0) is 0 Å². The van der Waals surface area contributed by atoms with E-state index in [4.69, 9.17) is 5.84 Å². The molecule has 0 aromatic heterocycles. The van der Waals surface area contributed by atoms with Crippen LogP contribution in [-0.2, 0) is 0 Å². The van der Waals surface area contributed by atoms with Crippen LogP contribution in [0.2, 0.25) is 0 Å². The summed E-state index contributed by atoms with van der Waals surface area (Å²) in [5, 5.41) is 6.79. The van der Waals surface area contributed by atoms with Crippen molar-refractivity contribution in [2.24, 2.45) is 16.2 Å². The van der Waals surface area contributed by atoms with Gasteiger partial charge >= 0.3 is 0 Å². The molecule has 1 aliphatic rings. The van der Waals surface area contributed by atoms with E-state index >= 15 is 0 Å². The molecule has 0 fully saturated rings. The van der Waals surface area contributed by atoms with Gasteiger partial charge < -0.3 is 5.84 Å². The molecule has 0 aromatic rings. The van der Waals surface area contributed by atoms with E-state index in [1.165, 1.54) is 0 Å². The third-order valence-electron chi connectivity index (χ3n) is 0.928. The summed E-state index contributed by atoms with van der Waals surface area (Å²) in [5.41, 5.74) is 0. The minimum atomic E-state index is 0.0833. The summed E-state index contributed by atoms with van der Waals surface area (Å²) in [4.78, 5) is 0. The van der Waals surface area contributed by atoms with Crippen molar-refractivity contribution in [1.82, 2.24) is 0 Å². The highest BCUT2D eigenvalue weighted by atomic mass is 15.3. The summed E-state index contributed by atoms with van der Waals surface area (Å²) in [6, 6.07) is 0.0833. The predicted molar refractivity (Wildman–Crippen MR) is 31.1 cm³/mol. The van der Waals surface area contributed by atoms with Gasteiger partial charge in [0.15, 0.2) is 0 Å². The van der Waals surface area contributed by atoms with E-state index in [1.807, 2.05) is 24.3 Å². The zero-order chi connectivity index (χ0) is 5.82. The first-order chi connectivity index (χ1) is 3.93. The van der Waals surface area contributed by atoms with E-state index in [-0.39, 0.29) is 6.04 Å². The Hall–Kier alpha value is -1.12. The molecular weight excluding hydrogens is 102 g/mol. The zero-order valence-corrected chi connectivity index (χ0v) is 4.36. The molecule has 0 amide bonds. The lowest BCUT2D eigenvalue weighted by atomic mass is 10.4. The van der Waals surface area contributed by atoms with Crippen LogP contribution in [0, 0.1) is 0 Å². The van der Waals surface area contributed by atoms with Gasteiger partial charge in [0, 0.05) is 0 Å². The highest BCUT2D eigenvalue weighted by Gasteiger charge is 1.97. The molecule has 0 bridgehead atoms. The van der Waals surface area contributed by atoms with Gasteiger partial charge in [0.2, 0.25) is 0 Å². The Labute approximate surface area is 47.6 Å². The van der Waals surface area contributed by atoms with Gasteiger partial charge in [-0.25, -0.2) is 0 Å². The molecule has 0 atom stereocenters. The van der Waals surface area contributed by atoms with Crippen molar-refractivity contribution in [3.05, 3.63) is 24.3 Å². The van der Waals surface area contributed by atoms with Crippen molar-refractivity contribution in [3.8, 4) is 0 Å². The van der Waals surface area contributed by atoms with E-state index in [1.54, 1.807) is 0 Å². The largest absolute Gasteiger partial charge is 0.305 e. The van der Waals surface area contributed by atoms with Crippen LogP contribution in [0.5, 0.6) is 0 Å². The van der Waals surface area contributed by atoms with Gasteiger partial charge in [-0.2, -0.15) is 5.11 Å². The number of hydrogen-bond acceptors (Lipinski definition) is 2. The van der Waals surface area contributed by atoms with Gasteiger partial charge in [-0.1, -0.05) is 29.5 Å². The molecule has 0 aliphatic heterocycles. The van der Waals surface area contributed by atoms with Crippen molar-refractivity contribution in [2.45, 2.75) is 6.04 Å². The monoisotopic (exact) mass is 109 g/mol. The van der Waals surface area contributed by atoms with Gasteiger partial charge in [0.05, 0.1) is 0 Å². The topological polar surface area (TPSA) is 50.7 Å². The van der Waals surface area contributed by atoms with Crippen LogP contribution in [0.4, 0.5) is 0 Å². The van der Waals surface area contributed by atoms with Crippen LogP contribution in [0.25, 0.3) is 0 Å². The quantitative estimate of drug-likeness (QED) is 0.302. The van der Waals surface area contributed by atoms with Gasteiger partial charge in [-0.15, -0.1) is 0 Å². The Balaban J connectivity index is 2.49. The summed E-state index contributed by atoms with van der Waals surface area (Å²) >= 11 is 0. The third-order valence-corrected chi connectivity index (χ3v) is 0.928. The molecule has 0 spiro atoms. The van der Waals surface area contributed by atoms with Crippen molar-refractivity contribution in [1.29, 1.82) is 0 Å². The molecule has 0 heterocycles. The minimum Gasteiger partial charge on any atom is -0.305 e. The molecule has 42 valence electrons. The van der Waals surface area contributed by atoms with Crippen LogP contribution in [-0.4, -0.2) is 6.04 Å². The SMILES string of the molecule is NN=NC1C=CC=C1. The first-order valence-corrected chi connectivity index (χ1v) is 2.38. The van der Waals surface area contributed by atoms with Crippen LogP contribution in [0.15, 0.2) is 34.6 Å².